The van der Waals surface area contributed by atoms with Gasteiger partial charge in [0.05, 0.1) is 13.2 Å². The first-order valence-electron chi connectivity index (χ1n) is 38.0. The first-order chi connectivity index (χ1) is 43.4. The lowest BCUT2D eigenvalue weighted by Gasteiger charge is -2.34. The highest BCUT2D eigenvalue weighted by Crippen LogP contribution is 2.11. The van der Waals surface area contributed by atoms with Crippen LogP contribution in [0.4, 0.5) is 0 Å². The highest BCUT2D eigenvalue weighted by atomic mass is 32.2. The predicted molar refractivity (Wildman–Crippen MR) is 413 cm³/mol. The topological polar surface area (TPSA) is 135 Å². The molecule has 7 saturated heterocycles. The van der Waals surface area contributed by atoms with Crippen LogP contribution < -0.4 is 42.5 Å². The Kier molecular flexibility index (Phi) is 48.8. The van der Waals surface area contributed by atoms with E-state index in [2.05, 4.69) is 258 Å². The average Bonchev–Trinajstić information content (AvgIpc) is 3.80. The quantitative estimate of drug-likeness (QED) is 0.0548. The average molecular weight is 1340 g/mol. The summed E-state index contributed by atoms with van der Waals surface area (Å²) in [6.07, 6.45) is 7.03. The molecule has 0 amide bonds. The van der Waals surface area contributed by atoms with Gasteiger partial charge in [0.1, 0.15) is 0 Å². The number of morpholine rings is 1. The molecule has 7 fully saturated rings. The monoisotopic (exact) mass is 1340 g/mol. The van der Waals surface area contributed by atoms with Crippen molar-refractivity contribution in [2.75, 3.05) is 261 Å². The molecule has 93 heavy (non-hydrogen) atoms. The fourth-order valence-electron chi connectivity index (χ4n) is 11.3. The second-order valence-electron chi connectivity index (χ2n) is 34.6. The van der Waals surface area contributed by atoms with Crippen molar-refractivity contribution in [2.24, 2.45) is 0 Å². The molecule has 0 aromatic carbocycles. The molecular formula is C74H165N17OS. The smallest absolute Gasteiger partial charge is 0.0594 e. The summed E-state index contributed by atoms with van der Waals surface area (Å²) in [5.41, 5.74) is 1.83. The van der Waals surface area contributed by atoms with Crippen molar-refractivity contribution < 1.29 is 4.74 Å². The molecular weight excluding hydrogens is 1170 g/mol. The number of nitrogens with one attached hydrogen (secondary N) is 8. The molecule has 7 heterocycles. The Bertz CT molecular complexity index is 1540. The van der Waals surface area contributed by atoms with Gasteiger partial charge in [0, 0.05) is 247 Å². The van der Waals surface area contributed by atoms with E-state index in [-0.39, 0.29) is 38.8 Å². The summed E-state index contributed by atoms with van der Waals surface area (Å²) in [5, 5.41) is 28.0. The Balaban J connectivity index is 0.000000543. The van der Waals surface area contributed by atoms with Crippen LogP contribution in [0.25, 0.3) is 0 Å². The van der Waals surface area contributed by atoms with Gasteiger partial charge in [-0.2, -0.15) is 11.8 Å². The number of hydrogen-bond acceptors (Lipinski definition) is 19. The highest BCUT2D eigenvalue weighted by Gasteiger charge is 2.20. The maximum absolute atomic E-state index is 5.28. The minimum atomic E-state index is 0.242. The molecule has 0 bridgehead atoms. The summed E-state index contributed by atoms with van der Waals surface area (Å²) in [6, 6.07) is 0. The minimum Gasteiger partial charge on any atom is -0.379 e. The SMILES string of the molecule is CC(C)(C)NCCN1CCCC1.CC(C)(C)NCCN1CCCCC1.CC(C)(C)NCCN1CCNCC1.CC(C)(C)NCCN1CCOCC1.CC(C)(C)NCCN1CCSCC1.CCN1CCN(CCNC(C)(C)C)CC1.CN1CCN(CCNC(C)(C)C)CC1. The van der Waals surface area contributed by atoms with Crippen LogP contribution in [0.5, 0.6) is 0 Å². The van der Waals surface area contributed by atoms with E-state index < -0.39 is 0 Å². The number of piperidine rings is 1. The van der Waals surface area contributed by atoms with Crippen molar-refractivity contribution in [3.63, 3.8) is 0 Å². The van der Waals surface area contributed by atoms with Gasteiger partial charge in [-0.25, -0.2) is 0 Å². The normalized spacial score (nSPS) is 20.7. The van der Waals surface area contributed by atoms with Gasteiger partial charge in [-0.1, -0.05) is 13.3 Å². The second-order valence-corrected chi connectivity index (χ2v) is 35.8. The van der Waals surface area contributed by atoms with Crippen molar-refractivity contribution in [2.45, 2.75) is 223 Å². The van der Waals surface area contributed by atoms with E-state index in [1.165, 1.54) is 194 Å². The van der Waals surface area contributed by atoms with Crippen LogP contribution in [0.15, 0.2) is 0 Å². The van der Waals surface area contributed by atoms with Gasteiger partial charge < -0.3 is 71.8 Å². The Hall–Kier alpha value is -0.370. The van der Waals surface area contributed by atoms with Gasteiger partial charge in [-0.3, -0.25) is 19.6 Å². The zero-order valence-electron chi connectivity index (χ0n) is 66.5. The summed E-state index contributed by atoms with van der Waals surface area (Å²) in [7, 11) is 2.20. The number of ether oxygens (including phenoxy) is 1. The standard InChI is InChI=1S/C12H27N3.C11H25N3.C11H24N2.C10H23N3.C10H22N2O.C10H22N2S.C10H22N2/c1-5-14-8-10-15(11-9-14)7-6-13-12(2,3)4;1-11(2,3)12-5-6-14-9-7-13(4)8-10-14;1-11(2,3)12-7-10-13-8-5-4-6-9-13;1-10(2,3)12-6-9-13-7-4-11-5-8-13;2*1-10(2,3)11-4-5-12-6-8-13-9-7-12;1-10(2,3)11-6-9-12-7-4-5-8-12/h13H,5-11H2,1-4H3;12H,5-10H2,1-4H3;12H,4-10H2,1-3H3;11-12H,4-9H2,1-3H3;2*11H,4-9H2,1-3H3;11H,4-9H2,1-3H3. The molecule has 19 heteroatoms. The number of rotatable bonds is 22. The fourth-order valence-corrected chi connectivity index (χ4v) is 12.3. The third-order valence-corrected chi connectivity index (χ3v) is 18.1. The maximum Gasteiger partial charge on any atom is 0.0594 e. The molecule has 0 radical (unpaired) electrons. The molecule has 0 aliphatic carbocycles. The highest BCUT2D eigenvalue weighted by molar-refractivity contribution is 7.99. The lowest BCUT2D eigenvalue weighted by Crippen LogP contribution is -2.49. The molecule has 0 spiro atoms. The van der Waals surface area contributed by atoms with Crippen LogP contribution in [0.3, 0.4) is 0 Å². The molecule has 0 aromatic rings. The van der Waals surface area contributed by atoms with E-state index in [9.17, 15) is 0 Å². The van der Waals surface area contributed by atoms with Gasteiger partial charge in [0.15, 0.2) is 0 Å². The number of piperazine rings is 3. The van der Waals surface area contributed by atoms with Gasteiger partial charge in [0.2, 0.25) is 0 Å². The Morgan fingerprint density at radius 2 is 0.527 bits per heavy atom. The number of hydrogen-bond donors (Lipinski definition) is 8. The molecule has 7 rings (SSSR count). The van der Waals surface area contributed by atoms with Crippen LogP contribution in [0.1, 0.15) is 184 Å². The third kappa shape index (κ3) is 61.2. The molecule has 0 atom stereocenters. The summed E-state index contributed by atoms with van der Waals surface area (Å²) in [4.78, 5) is 22.6. The van der Waals surface area contributed by atoms with E-state index in [1.807, 2.05) is 0 Å². The molecule has 0 aromatic heterocycles. The van der Waals surface area contributed by atoms with Crippen LogP contribution in [-0.2, 0) is 4.74 Å². The van der Waals surface area contributed by atoms with Crippen LogP contribution in [0, 0.1) is 0 Å². The first-order valence-corrected chi connectivity index (χ1v) is 39.1. The van der Waals surface area contributed by atoms with E-state index >= 15 is 0 Å². The number of likely N-dealkylation sites (N-methyl/N-ethyl adjacent to an activating group) is 2. The predicted octanol–water partition coefficient (Wildman–Crippen LogP) is 7.37. The Morgan fingerprint density at radius 1 is 0.290 bits per heavy atom. The first kappa shape index (κ1) is 90.6. The van der Waals surface area contributed by atoms with Gasteiger partial charge in [0.25, 0.3) is 0 Å². The summed E-state index contributed by atoms with van der Waals surface area (Å²) >= 11 is 2.08. The van der Waals surface area contributed by atoms with Crippen molar-refractivity contribution in [1.29, 1.82) is 0 Å². The summed E-state index contributed by atoms with van der Waals surface area (Å²) in [6.45, 7) is 92.4. The molecule has 7 aliphatic heterocycles. The number of likely N-dealkylation sites (tertiary alicyclic amines) is 2. The summed E-state index contributed by atoms with van der Waals surface area (Å²) < 4.78 is 5.28. The molecule has 7 aliphatic rings. The largest absolute Gasteiger partial charge is 0.379 e. The zero-order chi connectivity index (χ0) is 69.9. The Labute approximate surface area is 584 Å². The molecule has 8 N–H and O–H groups in total. The fraction of sp³-hybridized carbons (Fsp3) is 1.00. The van der Waals surface area contributed by atoms with Crippen LogP contribution in [-0.4, -0.2) is 344 Å². The van der Waals surface area contributed by atoms with E-state index in [1.54, 1.807) is 0 Å². The van der Waals surface area contributed by atoms with Crippen molar-refractivity contribution in [1.82, 2.24) is 86.6 Å². The maximum atomic E-state index is 5.28. The van der Waals surface area contributed by atoms with Gasteiger partial charge >= 0.3 is 0 Å². The van der Waals surface area contributed by atoms with Crippen LogP contribution in [0.2, 0.25) is 0 Å². The van der Waals surface area contributed by atoms with Crippen LogP contribution >= 0.6 is 11.8 Å². The lowest BCUT2D eigenvalue weighted by atomic mass is 10.1. The van der Waals surface area contributed by atoms with Crippen molar-refractivity contribution in [3.8, 4) is 0 Å². The number of nitrogens with zero attached hydrogens (tertiary/aromatic N) is 9. The van der Waals surface area contributed by atoms with Gasteiger partial charge in [-0.05, 0) is 211 Å². The van der Waals surface area contributed by atoms with E-state index in [0.29, 0.717) is 0 Å². The summed E-state index contributed by atoms with van der Waals surface area (Å²) in [5.74, 6) is 2.63. The molecule has 18 nitrogen and oxygen atoms in total. The van der Waals surface area contributed by atoms with E-state index in [4.69, 9.17) is 4.74 Å². The lowest BCUT2D eigenvalue weighted by molar-refractivity contribution is 0.0378. The number of thioether (sulfide) groups is 1. The van der Waals surface area contributed by atoms with E-state index in [0.717, 1.165) is 91.8 Å². The zero-order valence-corrected chi connectivity index (χ0v) is 67.3. The second kappa shape index (κ2) is 50.0. The molecule has 558 valence electrons. The molecule has 0 saturated carbocycles. The van der Waals surface area contributed by atoms with Gasteiger partial charge in [-0.15, -0.1) is 0 Å². The third-order valence-electron chi connectivity index (χ3n) is 17.2. The van der Waals surface area contributed by atoms with Crippen molar-refractivity contribution >= 4 is 11.8 Å². The Morgan fingerprint density at radius 3 is 0.817 bits per heavy atom. The molecule has 0 unspecified atom stereocenters. The minimum absolute atomic E-state index is 0.242. The van der Waals surface area contributed by atoms with Crippen molar-refractivity contribution in [3.05, 3.63) is 0 Å².